The summed E-state index contributed by atoms with van der Waals surface area (Å²) in [5.41, 5.74) is 1.19. The van der Waals surface area contributed by atoms with Gasteiger partial charge >= 0.3 is 0 Å². The molecule has 6 heteroatoms. The fraction of sp³-hybridized carbons (Fsp3) is 0.333. The van der Waals surface area contributed by atoms with E-state index in [0.717, 1.165) is 34.6 Å². The maximum atomic E-state index is 5.89. The van der Waals surface area contributed by atoms with Crippen LogP contribution in [0.5, 0.6) is 5.75 Å². The second kappa shape index (κ2) is 8.10. The molecule has 112 valence electrons. The van der Waals surface area contributed by atoms with Gasteiger partial charge in [-0.25, -0.2) is 9.97 Å². The zero-order valence-corrected chi connectivity index (χ0v) is 13.7. The number of rotatable bonds is 7. The van der Waals surface area contributed by atoms with Crippen molar-refractivity contribution in [3.8, 4) is 5.75 Å². The van der Waals surface area contributed by atoms with Crippen LogP contribution in [0.3, 0.4) is 0 Å². The summed E-state index contributed by atoms with van der Waals surface area (Å²) in [5, 5.41) is 4.83. The van der Waals surface area contributed by atoms with Gasteiger partial charge < -0.3 is 10.1 Å². The molecule has 0 fully saturated rings. The van der Waals surface area contributed by atoms with Gasteiger partial charge in [0.05, 0.1) is 7.11 Å². The number of hydrogen-bond acceptors (Lipinski definition) is 5. The van der Waals surface area contributed by atoms with E-state index in [9.17, 15) is 0 Å². The standard InChI is InChI=1S/C15H18ClN3OS/c1-3-8-17-14-13(20-2)15(19-10-18-14)21-9-11-4-6-12(16)7-5-11/h4-7,10H,3,8-9H2,1-2H3,(H,17,18,19). The highest BCUT2D eigenvalue weighted by Gasteiger charge is 2.12. The Balaban J connectivity index is 2.10. The monoisotopic (exact) mass is 323 g/mol. The van der Waals surface area contributed by atoms with Gasteiger partial charge in [-0.15, -0.1) is 0 Å². The fourth-order valence-electron chi connectivity index (χ4n) is 1.75. The minimum atomic E-state index is 0.699. The minimum absolute atomic E-state index is 0.699. The third-order valence-corrected chi connectivity index (χ3v) is 4.10. The number of anilines is 1. The highest BCUT2D eigenvalue weighted by atomic mass is 35.5. The third-order valence-electron chi connectivity index (χ3n) is 2.81. The quantitative estimate of drug-likeness (QED) is 0.609. The van der Waals surface area contributed by atoms with Gasteiger partial charge in [0.2, 0.25) is 0 Å². The Bertz CT molecular complexity index is 578. The molecule has 0 spiro atoms. The molecule has 2 rings (SSSR count). The van der Waals surface area contributed by atoms with Crippen molar-refractivity contribution in [1.82, 2.24) is 9.97 Å². The van der Waals surface area contributed by atoms with Gasteiger partial charge in [-0.3, -0.25) is 0 Å². The van der Waals surface area contributed by atoms with Crippen LogP contribution in [0.2, 0.25) is 5.02 Å². The van der Waals surface area contributed by atoms with Crippen LogP contribution in [0.1, 0.15) is 18.9 Å². The van der Waals surface area contributed by atoms with Crippen molar-refractivity contribution < 1.29 is 4.74 Å². The van der Waals surface area contributed by atoms with E-state index in [4.69, 9.17) is 16.3 Å². The van der Waals surface area contributed by atoms with Gasteiger partial charge in [-0.1, -0.05) is 42.4 Å². The number of halogens is 1. The van der Waals surface area contributed by atoms with Crippen LogP contribution in [0.15, 0.2) is 35.6 Å². The zero-order chi connectivity index (χ0) is 15.1. The maximum absolute atomic E-state index is 5.89. The molecule has 1 aromatic heterocycles. The van der Waals surface area contributed by atoms with E-state index in [1.807, 2.05) is 24.3 Å². The molecule has 0 radical (unpaired) electrons. The van der Waals surface area contributed by atoms with E-state index in [1.54, 1.807) is 25.2 Å². The van der Waals surface area contributed by atoms with E-state index in [-0.39, 0.29) is 0 Å². The van der Waals surface area contributed by atoms with Crippen molar-refractivity contribution in [2.75, 3.05) is 19.0 Å². The topological polar surface area (TPSA) is 47.0 Å². The Kier molecular flexibility index (Phi) is 6.14. The molecule has 1 heterocycles. The summed E-state index contributed by atoms with van der Waals surface area (Å²) in [5.74, 6) is 2.25. The van der Waals surface area contributed by atoms with Crippen molar-refractivity contribution in [3.05, 3.63) is 41.2 Å². The van der Waals surface area contributed by atoms with Crippen molar-refractivity contribution in [1.29, 1.82) is 0 Å². The summed E-state index contributed by atoms with van der Waals surface area (Å²) in [4.78, 5) is 8.55. The third kappa shape index (κ3) is 4.51. The lowest BCUT2D eigenvalue weighted by atomic mass is 10.2. The number of methoxy groups -OCH3 is 1. The lowest BCUT2D eigenvalue weighted by Crippen LogP contribution is -2.05. The summed E-state index contributed by atoms with van der Waals surface area (Å²) in [6.07, 6.45) is 2.59. The molecule has 0 bridgehead atoms. The molecule has 0 saturated carbocycles. The van der Waals surface area contributed by atoms with Crippen LogP contribution in [-0.2, 0) is 5.75 Å². The summed E-state index contributed by atoms with van der Waals surface area (Å²) < 4.78 is 5.45. The number of nitrogens with one attached hydrogen (secondary N) is 1. The number of nitrogens with zero attached hydrogens (tertiary/aromatic N) is 2. The van der Waals surface area contributed by atoms with E-state index < -0.39 is 0 Å². The van der Waals surface area contributed by atoms with E-state index >= 15 is 0 Å². The molecule has 0 aliphatic rings. The van der Waals surface area contributed by atoms with Gasteiger partial charge in [0, 0.05) is 17.3 Å². The summed E-state index contributed by atoms with van der Waals surface area (Å²) in [7, 11) is 1.64. The second-order valence-corrected chi connectivity index (χ2v) is 5.80. The van der Waals surface area contributed by atoms with E-state index in [0.29, 0.717) is 5.75 Å². The first kappa shape index (κ1) is 15.9. The molecule has 1 N–H and O–H groups in total. The molecule has 0 unspecified atom stereocenters. The average Bonchev–Trinajstić information content (AvgIpc) is 2.52. The van der Waals surface area contributed by atoms with Crippen molar-refractivity contribution >= 4 is 29.2 Å². The van der Waals surface area contributed by atoms with Crippen LogP contribution >= 0.6 is 23.4 Å². The lowest BCUT2D eigenvalue weighted by molar-refractivity contribution is 0.400. The zero-order valence-electron chi connectivity index (χ0n) is 12.1. The van der Waals surface area contributed by atoms with Gasteiger partial charge in [0.15, 0.2) is 11.6 Å². The number of ether oxygens (including phenoxy) is 1. The van der Waals surface area contributed by atoms with Crippen LogP contribution in [-0.4, -0.2) is 23.6 Å². The molecule has 0 amide bonds. The highest BCUT2D eigenvalue weighted by molar-refractivity contribution is 7.98. The Labute approximate surface area is 134 Å². The maximum Gasteiger partial charge on any atom is 0.193 e. The normalized spacial score (nSPS) is 10.4. The van der Waals surface area contributed by atoms with Crippen molar-refractivity contribution in [2.45, 2.75) is 24.1 Å². The Hall–Kier alpha value is -1.46. The smallest absolute Gasteiger partial charge is 0.193 e. The Morgan fingerprint density at radius 3 is 2.67 bits per heavy atom. The molecule has 2 aromatic rings. The van der Waals surface area contributed by atoms with E-state index in [1.165, 1.54) is 5.56 Å². The van der Waals surface area contributed by atoms with Crippen molar-refractivity contribution in [3.63, 3.8) is 0 Å². The SMILES string of the molecule is CCCNc1ncnc(SCc2ccc(Cl)cc2)c1OC. The molecule has 21 heavy (non-hydrogen) atoms. The predicted molar refractivity (Wildman–Crippen MR) is 88.4 cm³/mol. The first-order valence-electron chi connectivity index (χ1n) is 6.74. The summed E-state index contributed by atoms with van der Waals surface area (Å²) >= 11 is 7.51. The molecule has 0 saturated heterocycles. The molecule has 1 aromatic carbocycles. The first-order chi connectivity index (χ1) is 10.2. The highest BCUT2D eigenvalue weighted by Crippen LogP contribution is 2.34. The minimum Gasteiger partial charge on any atom is -0.490 e. The largest absolute Gasteiger partial charge is 0.490 e. The molecule has 4 nitrogen and oxygen atoms in total. The molecule has 0 aliphatic carbocycles. The molecule has 0 aliphatic heterocycles. The van der Waals surface area contributed by atoms with Gasteiger partial charge in [-0.05, 0) is 24.1 Å². The van der Waals surface area contributed by atoms with E-state index in [2.05, 4.69) is 22.2 Å². The van der Waals surface area contributed by atoms with Gasteiger partial charge in [-0.2, -0.15) is 0 Å². The number of benzene rings is 1. The number of hydrogen-bond donors (Lipinski definition) is 1. The Morgan fingerprint density at radius 2 is 2.00 bits per heavy atom. The molecule has 0 atom stereocenters. The fourth-order valence-corrected chi connectivity index (χ4v) is 2.80. The summed E-state index contributed by atoms with van der Waals surface area (Å²) in [6, 6.07) is 7.81. The second-order valence-electron chi connectivity index (χ2n) is 4.40. The van der Waals surface area contributed by atoms with Crippen molar-refractivity contribution in [2.24, 2.45) is 0 Å². The molecular formula is C15H18ClN3OS. The number of aromatic nitrogens is 2. The van der Waals surface area contributed by atoms with Crippen LogP contribution in [0.25, 0.3) is 0 Å². The van der Waals surface area contributed by atoms with Crippen LogP contribution in [0, 0.1) is 0 Å². The predicted octanol–water partition coefficient (Wildman–Crippen LogP) is 4.25. The van der Waals surface area contributed by atoms with Crippen LogP contribution < -0.4 is 10.1 Å². The van der Waals surface area contributed by atoms with Gasteiger partial charge in [0.25, 0.3) is 0 Å². The molecular weight excluding hydrogens is 306 g/mol. The lowest BCUT2D eigenvalue weighted by Gasteiger charge is -2.12. The average molecular weight is 324 g/mol. The summed E-state index contributed by atoms with van der Waals surface area (Å²) in [6.45, 7) is 2.96. The first-order valence-corrected chi connectivity index (χ1v) is 8.11. The van der Waals surface area contributed by atoms with Gasteiger partial charge in [0.1, 0.15) is 11.4 Å². The van der Waals surface area contributed by atoms with Crippen LogP contribution in [0.4, 0.5) is 5.82 Å². The number of thioether (sulfide) groups is 1. The Morgan fingerprint density at radius 1 is 1.24 bits per heavy atom.